The summed E-state index contributed by atoms with van der Waals surface area (Å²) >= 11 is 0. The van der Waals surface area contributed by atoms with E-state index in [1.54, 1.807) is 20.4 Å². The topological polar surface area (TPSA) is 99.2 Å². The average Bonchev–Trinajstić information content (AvgIpc) is 3.20. The predicted molar refractivity (Wildman–Crippen MR) is 88.8 cm³/mol. The van der Waals surface area contributed by atoms with E-state index in [9.17, 15) is 9.59 Å². The molecule has 7 heteroatoms. The smallest absolute Gasteiger partial charge is 0.271 e. The van der Waals surface area contributed by atoms with E-state index in [-0.39, 0.29) is 11.6 Å². The number of hydrogen-bond acceptors (Lipinski definition) is 4. The number of amides is 2. The Bertz CT molecular complexity index is 767. The van der Waals surface area contributed by atoms with Gasteiger partial charge in [0.05, 0.1) is 12.8 Å². The third kappa shape index (κ3) is 3.40. The zero-order valence-electron chi connectivity index (χ0n) is 13.7. The molecule has 0 spiro atoms. The minimum atomic E-state index is -0.659. The Hall–Kier alpha value is -2.83. The maximum atomic E-state index is 12.2. The van der Waals surface area contributed by atoms with E-state index in [4.69, 9.17) is 10.5 Å². The van der Waals surface area contributed by atoms with Crippen LogP contribution in [0.15, 0.2) is 30.5 Å². The van der Waals surface area contributed by atoms with Crippen molar-refractivity contribution in [3.8, 4) is 5.75 Å². The fourth-order valence-electron chi connectivity index (χ4n) is 2.93. The molecule has 7 nitrogen and oxygen atoms in total. The lowest BCUT2D eigenvalue weighted by molar-refractivity contribution is -0.116. The summed E-state index contributed by atoms with van der Waals surface area (Å²) in [6, 6.07) is 7.93. The number of carbonyl (C=O) groups excluding carboxylic acids is 2. The summed E-state index contributed by atoms with van der Waals surface area (Å²) in [5, 5.41) is 6.68. The number of nitrogens with one attached hydrogen (secondary N) is 1. The van der Waals surface area contributed by atoms with Crippen molar-refractivity contribution < 1.29 is 14.3 Å². The highest BCUT2D eigenvalue weighted by Crippen LogP contribution is 2.49. The van der Waals surface area contributed by atoms with Crippen molar-refractivity contribution in [2.75, 3.05) is 12.4 Å². The predicted octanol–water partition coefficient (Wildman–Crippen LogP) is 1.66. The molecule has 1 heterocycles. The number of hydrogen-bond donors (Lipinski definition) is 2. The molecule has 1 aliphatic rings. The lowest BCUT2D eigenvalue weighted by Crippen LogP contribution is -2.18. The fraction of sp³-hybridized carbons (Fsp3) is 0.353. The average molecular weight is 328 g/mol. The molecule has 1 fully saturated rings. The van der Waals surface area contributed by atoms with E-state index >= 15 is 0 Å². The van der Waals surface area contributed by atoms with Crippen LogP contribution in [0.5, 0.6) is 5.75 Å². The largest absolute Gasteiger partial charge is 0.497 e. The number of ether oxygens (including phenoxy) is 1. The van der Waals surface area contributed by atoms with Gasteiger partial charge in [0.2, 0.25) is 5.91 Å². The Morgan fingerprint density at radius 2 is 2.08 bits per heavy atom. The first-order chi connectivity index (χ1) is 11.5. The molecule has 3 rings (SSSR count). The van der Waals surface area contributed by atoms with E-state index in [0.717, 1.165) is 12.2 Å². The first kappa shape index (κ1) is 16.0. The molecule has 2 amide bonds. The second-order valence-electron chi connectivity index (χ2n) is 6.06. The Morgan fingerprint density at radius 1 is 1.38 bits per heavy atom. The van der Waals surface area contributed by atoms with E-state index in [1.165, 1.54) is 10.2 Å². The number of methoxy groups -OCH3 is 1. The summed E-state index contributed by atoms with van der Waals surface area (Å²) in [6.07, 6.45) is 2.96. The fourth-order valence-corrected chi connectivity index (χ4v) is 2.93. The van der Waals surface area contributed by atoms with E-state index < -0.39 is 5.91 Å². The summed E-state index contributed by atoms with van der Waals surface area (Å²) in [4.78, 5) is 23.5. The third-order valence-electron chi connectivity index (χ3n) is 4.25. The van der Waals surface area contributed by atoms with Crippen LogP contribution in [0, 0.1) is 5.92 Å². The van der Waals surface area contributed by atoms with Crippen molar-refractivity contribution in [1.29, 1.82) is 0 Å². The Labute approximate surface area is 139 Å². The Balaban J connectivity index is 1.58. The molecule has 24 heavy (non-hydrogen) atoms. The molecule has 0 radical (unpaired) electrons. The van der Waals surface area contributed by atoms with E-state index in [0.29, 0.717) is 23.9 Å². The van der Waals surface area contributed by atoms with Crippen molar-refractivity contribution in [2.45, 2.75) is 18.8 Å². The molecule has 1 aliphatic carbocycles. The van der Waals surface area contributed by atoms with Gasteiger partial charge >= 0.3 is 0 Å². The van der Waals surface area contributed by atoms with Crippen LogP contribution in [0.25, 0.3) is 0 Å². The summed E-state index contributed by atoms with van der Waals surface area (Å²) < 4.78 is 6.60. The van der Waals surface area contributed by atoms with Gasteiger partial charge in [-0.15, -0.1) is 0 Å². The lowest BCUT2D eigenvalue weighted by atomic mass is 10.1. The molecule has 126 valence electrons. The van der Waals surface area contributed by atoms with Gasteiger partial charge in [-0.2, -0.15) is 5.10 Å². The van der Waals surface area contributed by atoms with Gasteiger partial charge in [0.15, 0.2) is 5.69 Å². The van der Waals surface area contributed by atoms with E-state index in [1.807, 2.05) is 24.3 Å². The number of anilines is 1. The van der Waals surface area contributed by atoms with Crippen LogP contribution in [0.2, 0.25) is 0 Å². The van der Waals surface area contributed by atoms with Crippen LogP contribution in [0.3, 0.4) is 0 Å². The van der Waals surface area contributed by atoms with Gasteiger partial charge in [-0.05, 0) is 36.0 Å². The van der Waals surface area contributed by atoms with Crippen molar-refractivity contribution >= 4 is 17.5 Å². The zero-order valence-corrected chi connectivity index (χ0v) is 13.7. The molecule has 0 aliphatic heterocycles. The van der Waals surface area contributed by atoms with Gasteiger partial charge in [0, 0.05) is 19.7 Å². The number of aryl methyl sites for hydroxylation is 1. The molecule has 2 aromatic rings. The lowest BCUT2D eigenvalue weighted by Gasteiger charge is -2.05. The number of benzene rings is 1. The monoisotopic (exact) mass is 328 g/mol. The normalized spacial score (nSPS) is 18.9. The highest BCUT2D eigenvalue weighted by molar-refractivity contribution is 6.01. The minimum absolute atomic E-state index is 0.0772. The zero-order chi connectivity index (χ0) is 17.3. The van der Waals surface area contributed by atoms with Crippen LogP contribution >= 0.6 is 0 Å². The van der Waals surface area contributed by atoms with Crippen LogP contribution in [0.1, 0.15) is 34.8 Å². The second-order valence-corrected chi connectivity index (χ2v) is 6.06. The number of primary amides is 1. The molecule has 0 saturated heterocycles. The molecule has 2 atom stereocenters. The number of carbonyl (C=O) groups is 2. The first-order valence-electron chi connectivity index (χ1n) is 7.75. The molecule has 0 bridgehead atoms. The molecule has 3 N–H and O–H groups in total. The molecular formula is C17H20N4O3. The van der Waals surface area contributed by atoms with Crippen molar-refractivity contribution in [2.24, 2.45) is 18.7 Å². The number of aromatic nitrogens is 2. The van der Waals surface area contributed by atoms with Crippen LogP contribution in [0.4, 0.5) is 5.69 Å². The Morgan fingerprint density at radius 3 is 2.71 bits per heavy atom. The quantitative estimate of drug-likeness (QED) is 0.842. The van der Waals surface area contributed by atoms with Gasteiger partial charge in [-0.3, -0.25) is 14.3 Å². The molecular weight excluding hydrogens is 308 g/mol. The maximum Gasteiger partial charge on any atom is 0.271 e. The SMILES string of the molecule is COc1ccc([C@@H]2C[C@H]2CC(=O)Nc2cn(C)nc2C(N)=O)cc1. The van der Waals surface area contributed by atoms with Gasteiger partial charge in [0.1, 0.15) is 5.75 Å². The van der Waals surface area contributed by atoms with Crippen LogP contribution in [-0.4, -0.2) is 28.7 Å². The second kappa shape index (κ2) is 6.35. The number of rotatable bonds is 6. The van der Waals surface area contributed by atoms with Gasteiger partial charge in [-0.25, -0.2) is 0 Å². The van der Waals surface area contributed by atoms with Crippen molar-refractivity contribution in [1.82, 2.24) is 9.78 Å². The maximum absolute atomic E-state index is 12.2. The van der Waals surface area contributed by atoms with Gasteiger partial charge < -0.3 is 15.8 Å². The first-order valence-corrected chi connectivity index (χ1v) is 7.75. The highest BCUT2D eigenvalue weighted by Gasteiger charge is 2.39. The van der Waals surface area contributed by atoms with E-state index in [2.05, 4.69) is 10.4 Å². The summed E-state index contributed by atoms with van der Waals surface area (Å²) in [5.41, 5.74) is 6.91. The minimum Gasteiger partial charge on any atom is -0.497 e. The Kier molecular flexibility index (Phi) is 4.24. The number of nitrogens with two attached hydrogens (primary N) is 1. The van der Waals surface area contributed by atoms with Gasteiger partial charge in [0.25, 0.3) is 5.91 Å². The standard InChI is InChI=1S/C17H20N4O3/c1-21-9-14(16(20-21)17(18)23)19-15(22)8-11-7-13(11)10-3-5-12(24-2)6-4-10/h3-6,9,11,13H,7-8H2,1-2H3,(H2,18,23)(H,19,22)/t11-,13-/m0/s1. The van der Waals surface area contributed by atoms with Crippen LogP contribution in [-0.2, 0) is 11.8 Å². The third-order valence-corrected chi connectivity index (χ3v) is 4.25. The van der Waals surface area contributed by atoms with Crippen LogP contribution < -0.4 is 15.8 Å². The van der Waals surface area contributed by atoms with Crippen molar-refractivity contribution in [3.63, 3.8) is 0 Å². The number of nitrogens with zero attached hydrogens (tertiary/aromatic N) is 2. The summed E-state index contributed by atoms with van der Waals surface area (Å²) in [7, 11) is 3.31. The summed E-state index contributed by atoms with van der Waals surface area (Å²) in [5.74, 6) is 0.738. The van der Waals surface area contributed by atoms with Gasteiger partial charge in [-0.1, -0.05) is 12.1 Å². The molecule has 1 aromatic heterocycles. The molecule has 1 aromatic carbocycles. The summed E-state index contributed by atoms with van der Waals surface area (Å²) in [6.45, 7) is 0. The molecule has 0 unspecified atom stereocenters. The molecule has 1 saturated carbocycles. The highest BCUT2D eigenvalue weighted by atomic mass is 16.5. The van der Waals surface area contributed by atoms with Crippen molar-refractivity contribution in [3.05, 3.63) is 41.7 Å².